The molecule has 2 aromatic rings. The van der Waals surface area contributed by atoms with Crippen molar-refractivity contribution in [3.8, 4) is 0 Å². The second-order valence-corrected chi connectivity index (χ2v) is 6.28. The summed E-state index contributed by atoms with van der Waals surface area (Å²) < 4.78 is 15.3. The molecule has 0 atom stereocenters. The maximum absolute atomic E-state index is 12.9. The van der Waals surface area contributed by atoms with Gasteiger partial charge in [-0.1, -0.05) is 0 Å². The fourth-order valence-electron chi connectivity index (χ4n) is 2.91. The molecule has 0 bridgehead atoms. The van der Waals surface area contributed by atoms with Crippen LogP contribution < -0.4 is 16.1 Å². The average molecular weight is 363 g/mol. The van der Waals surface area contributed by atoms with Crippen molar-refractivity contribution in [1.29, 1.82) is 0 Å². The number of aryl methyl sites for hydroxylation is 1. The molecule has 0 aliphatic carbocycles. The first-order valence-electron chi connectivity index (χ1n) is 8.62. The third-order valence-corrected chi connectivity index (χ3v) is 4.50. The van der Waals surface area contributed by atoms with E-state index >= 15 is 0 Å². The van der Waals surface area contributed by atoms with Gasteiger partial charge in [0.05, 0.1) is 12.4 Å². The lowest BCUT2D eigenvalue weighted by atomic mass is 10.2. The maximum Gasteiger partial charge on any atom is 0.347 e. The highest BCUT2D eigenvalue weighted by molar-refractivity contribution is 5.29. The fourth-order valence-corrected chi connectivity index (χ4v) is 2.91. The molecule has 0 saturated carbocycles. The summed E-state index contributed by atoms with van der Waals surface area (Å²) in [7, 11) is 1.45. The summed E-state index contributed by atoms with van der Waals surface area (Å²) in [6, 6.07) is 0. The number of hydrogen-bond acceptors (Lipinski definition) is 7. The van der Waals surface area contributed by atoms with E-state index in [1.54, 1.807) is 0 Å². The molecule has 0 amide bonds. The highest BCUT2D eigenvalue weighted by Crippen LogP contribution is 2.11. The van der Waals surface area contributed by atoms with Crippen molar-refractivity contribution >= 4 is 5.95 Å². The lowest BCUT2D eigenvalue weighted by Gasteiger charge is -2.34. The van der Waals surface area contributed by atoms with Crippen LogP contribution in [0.25, 0.3) is 0 Å². The lowest BCUT2D eigenvalue weighted by Crippen LogP contribution is -2.47. The van der Waals surface area contributed by atoms with Crippen LogP contribution in [0.15, 0.2) is 28.2 Å². The molecule has 3 heterocycles. The smallest absolute Gasteiger partial charge is 0.338 e. The molecule has 10 heteroatoms. The Morgan fingerprint density at radius 1 is 1.00 bits per heavy atom. The molecule has 26 heavy (non-hydrogen) atoms. The van der Waals surface area contributed by atoms with Gasteiger partial charge >= 0.3 is 5.69 Å². The third kappa shape index (κ3) is 4.31. The maximum atomic E-state index is 12.9. The third-order valence-electron chi connectivity index (χ3n) is 4.50. The summed E-state index contributed by atoms with van der Waals surface area (Å²) in [5.74, 6) is 0.130. The summed E-state index contributed by atoms with van der Waals surface area (Å²) in [5, 5.41) is 3.88. The zero-order valence-corrected chi connectivity index (χ0v) is 14.7. The summed E-state index contributed by atoms with van der Waals surface area (Å²) in [6.07, 6.45) is 5.28. The van der Waals surface area contributed by atoms with E-state index in [4.69, 9.17) is 0 Å². The monoisotopic (exact) mass is 363 g/mol. The van der Waals surface area contributed by atoms with Gasteiger partial charge in [0.1, 0.15) is 6.20 Å². The van der Waals surface area contributed by atoms with E-state index in [0.717, 1.165) is 56.3 Å². The van der Waals surface area contributed by atoms with Gasteiger partial charge in [-0.05, 0) is 19.4 Å². The van der Waals surface area contributed by atoms with Gasteiger partial charge in [0, 0.05) is 39.8 Å². The van der Waals surface area contributed by atoms with Gasteiger partial charge in [-0.3, -0.25) is 14.3 Å². The SMILES string of the molecule is Cn1c(=O)cnn(CCCCN2CCN(c3ncc(F)cn3)CC2)c1=O. The first kappa shape index (κ1) is 18.2. The number of nitrogens with zero attached hydrogens (tertiary/aromatic N) is 7. The number of unbranched alkanes of at least 4 members (excludes halogenated alkanes) is 1. The van der Waals surface area contributed by atoms with E-state index in [9.17, 15) is 14.0 Å². The average Bonchev–Trinajstić information content (AvgIpc) is 2.66. The second-order valence-electron chi connectivity index (χ2n) is 6.28. The molecular weight excluding hydrogens is 341 g/mol. The number of rotatable bonds is 6. The number of piperazine rings is 1. The minimum Gasteiger partial charge on any atom is -0.338 e. The van der Waals surface area contributed by atoms with Crippen LogP contribution in [0.3, 0.4) is 0 Å². The van der Waals surface area contributed by atoms with E-state index < -0.39 is 11.4 Å². The van der Waals surface area contributed by atoms with Crippen LogP contribution in [0.5, 0.6) is 0 Å². The molecule has 3 rings (SSSR count). The van der Waals surface area contributed by atoms with E-state index in [1.807, 2.05) is 4.90 Å². The van der Waals surface area contributed by atoms with E-state index in [-0.39, 0.29) is 5.69 Å². The molecule has 140 valence electrons. The Bertz CT molecular complexity index is 841. The predicted molar refractivity (Wildman–Crippen MR) is 93.6 cm³/mol. The first-order chi connectivity index (χ1) is 12.5. The van der Waals surface area contributed by atoms with Crippen LogP contribution >= 0.6 is 0 Å². The number of anilines is 1. The van der Waals surface area contributed by atoms with Gasteiger partial charge in [0.25, 0.3) is 5.56 Å². The zero-order valence-electron chi connectivity index (χ0n) is 14.7. The molecule has 1 aliphatic heterocycles. The van der Waals surface area contributed by atoms with E-state index in [1.165, 1.54) is 24.1 Å². The molecule has 1 fully saturated rings. The van der Waals surface area contributed by atoms with Crippen molar-refractivity contribution < 1.29 is 4.39 Å². The van der Waals surface area contributed by atoms with Gasteiger partial charge < -0.3 is 4.90 Å². The van der Waals surface area contributed by atoms with Gasteiger partial charge in [0.15, 0.2) is 5.82 Å². The van der Waals surface area contributed by atoms with Gasteiger partial charge in [0.2, 0.25) is 5.95 Å². The Balaban J connectivity index is 1.40. The molecule has 1 aliphatic rings. The van der Waals surface area contributed by atoms with Crippen molar-refractivity contribution in [2.45, 2.75) is 19.4 Å². The van der Waals surface area contributed by atoms with Crippen molar-refractivity contribution in [3.05, 3.63) is 45.2 Å². The van der Waals surface area contributed by atoms with Crippen molar-refractivity contribution in [3.63, 3.8) is 0 Å². The van der Waals surface area contributed by atoms with Crippen LogP contribution in [0.4, 0.5) is 10.3 Å². The second kappa shape index (κ2) is 8.17. The molecule has 0 aromatic carbocycles. The van der Waals surface area contributed by atoms with Gasteiger partial charge in [-0.15, -0.1) is 0 Å². The Morgan fingerprint density at radius 3 is 2.35 bits per heavy atom. The summed E-state index contributed by atoms with van der Waals surface area (Å²) in [5.41, 5.74) is -0.778. The Kier molecular flexibility index (Phi) is 5.71. The van der Waals surface area contributed by atoms with Crippen molar-refractivity contribution in [2.24, 2.45) is 7.05 Å². The molecule has 0 unspecified atom stereocenters. The molecular formula is C16H22FN7O2. The number of hydrogen-bond donors (Lipinski definition) is 0. The van der Waals surface area contributed by atoms with Crippen LogP contribution in [0.2, 0.25) is 0 Å². The standard InChI is InChI=1S/C16H22FN7O2/c1-21-14(25)12-20-24(16(21)26)5-3-2-4-22-6-8-23(9-7-22)15-18-10-13(17)11-19-15/h10-12H,2-9H2,1H3. The van der Waals surface area contributed by atoms with Crippen LogP contribution in [0.1, 0.15) is 12.8 Å². The topological polar surface area (TPSA) is 89.2 Å². The largest absolute Gasteiger partial charge is 0.347 e. The molecule has 0 spiro atoms. The Labute approximate surface area is 149 Å². The first-order valence-corrected chi connectivity index (χ1v) is 8.62. The highest BCUT2D eigenvalue weighted by atomic mass is 19.1. The quantitative estimate of drug-likeness (QED) is 0.638. The highest BCUT2D eigenvalue weighted by Gasteiger charge is 2.18. The van der Waals surface area contributed by atoms with Gasteiger partial charge in [-0.2, -0.15) is 5.10 Å². The summed E-state index contributed by atoms with van der Waals surface area (Å²) in [6.45, 7) is 4.80. The summed E-state index contributed by atoms with van der Waals surface area (Å²) >= 11 is 0. The van der Waals surface area contributed by atoms with Crippen LogP contribution in [-0.4, -0.2) is 61.9 Å². The predicted octanol–water partition coefficient (Wildman–Crippen LogP) is -0.526. The minimum absolute atomic E-state index is 0.384. The normalized spacial score (nSPS) is 15.4. The van der Waals surface area contributed by atoms with E-state index in [0.29, 0.717) is 12.5 Å². The van der Waals surface area contributed by atoms with Crippen molar-refractivity contribution in [1.82, 2.24) is 29.2 Å². The molecule has 2 aromatic heterocycles. The lowest BCUT2D eigenvalue weighted by molar-refractivity contribution is 0.249. The van der Waals surface area contributed by atoms with Crippen molar-refractivity contribution in [2.75, 3.05) is 37.6 Å². The zero-order chi connectivity index (χ0) is 18.5. The van der Waals surface area contributed by atoms with Crippen LogP contribution in [0, 0.1) is 5.82 Å². The van der Waals surface area contributed by atoms with Crippen LogP contribution in [-0.2, 0) is 13.6 Å². The van der Waals surface area contributed by atoms with E-state index in [2.05, 4.69) is 20.0 Å². The fraction of sp³-hybridized carbons (Fsp3) is 0.562. The minimum atomic E-state index is -0.431. The Hall–Kier alpha value is -2.62. The molecule has 0 N–H and O–H groups in total. The number of aromatic nitrogens is 5. The van der Waals surface area contributed by atoms with Gasteiger partial charge in [-0.25, -0.2) is 23.8 Å². The Morgan fingerprint density at radius 2 is 1.65 bits per heavy atom. The molecule has 9 nitrogen and oxygen atoms in total. The number of halogens is 1. The molecule has 0 radical (unpaired) electrons. The summed E-state index contributed by atoms with van der Waals surface area (Å²) in [4.78, 5) is 35.6. The molecule has 1 saturated heterocycles.